The molecule has 290 valence electrons. The number of fused-ring (bicyclic) bond motifs is 1. The number of amides is 4. The number of sulfonamides is 1. The second kappa shape index (κ2) is 16.2. The number of allylic oxidation sites excluding steroid dienone is 2. The minimum Gasteiger partial charge on any atom is -0.471 e. The van der Waals surface area contributed by atoms with E-state index in [1.54, 1.807) is 19.9 Å². The van der Waals surface area contributed by atoms with Crippen LogP contribution in [0.25, 0.3) is 11.0 Å². The van der Waals surface area contributed by atoms with Gasteiger partial charge in [0.1, 0.15) is 29.4 Å². The van der Waals surface area contributed by atoms with Gasteiger partial charge in [0.2, 0.25) is 33.5 Å². The molecular formula is C37H46FN7O8S. The van der Waals surface area contributed by atoms with Crippen LogP contribution >= 0.6 is 0 Å². The summed E-state index contributed by atoms with van der Waals surface area (Å²) in [5, 5.41) is 8.99. The van der Waals surface area contributed by atoms with Crippen LogP contribution in [0.2, 0.25) is 0 Å². The van der Waals surface area contributed by atoms with Crippen molar-refractivity contribution in [3.8, 4) is 5.88 Å². The lowest BCUT2D eigenvalue weighted by atomic mass is 10.0. The highest BCUT2D eigenvalue weighted by atomic mass is 32.2. The molecule has 6 rings (SSSR count). The lowest BCUT2D eigenvalue weighted by molar-refractivity contribution is -0.140. The van der Waals surface area contributed by atoms with Gasteiger partial charge in [-0.25, -0.2) is 22.8 Å². The molecule has 3 aromatic rings. The van der Waals surface area contributed by atoms with Gasteiger partial charge in [0.25, 0.3) is 11.8 Å². The Kier molecular flexibility index (Phi) is 11.6. The van der Waals surface area contributed by atoms with Crippen LogP contribution < -0.4 is 20.1 Å². The highest BCUT2D eigenvalue weighted by Gasteiger charge is 2.51. The Hall–Kier alpha value is -4.93. The number of hydrogen-bond acceptors (Lipinski definition) is 11. The highest BCUT2D eigenvalue weighted by molar-refractivity contribution is 7.91. The Labute approximate surface area is 312 Å². The average Bonchev–Trinajstić information content (AvgIpc) is 4.02. The van der Waals surface area contributed by atoms with Crippen LogP contribution in [-0.4, -0.2) is 88.1 Å². The summed E-state index contributed by atoms with van der Waals surface area (Å²) in [4.78, 5) is 64.0. The molecule has 2 saturated carbocycles. The van der Waals surface area contributed by atoms with Gasteiger partial charge in [-0.2, -0.15) is 0 Å². The molecule has 17 heteroatoms. The van der Waals surface area contributed by atoms with Crippen molar-refractivity contribution in [1.82, 2.24) is 35.4 Å². The average molecular weight is 768 g/mol. The summed E-state index contributed by atoms with van der Waals surface area (Å²) >= 11 is 0. The molecule has 0 spiro atoms. The predicted octanol–water partition coefficient (Wildman–Crippen LogP) is 3.55. The fourth-order valence-electron chi connectivity index (χ4n) is 6.32. The summed E-state index contributed by atoms with van der Waals surface area (Å²) in [5.74, 6) is -2.85. The van der Waals surface area contributed by atoms with E-state index in [1.165, 1.54) is 42.9 Å². The molecule has 54 heavy (non-hydrogen) atoms. The Morgan fingerprint density at radius 3 is 2.61 bits per heavy atom. The number of para-hydroxylation sites is 1. The number of ether oxygens (including phenoxy) is 1. The van der Waals surface area contributed by atoms with Crippen molar-refractivity contribution in [3.63, 3.8) is 0 Å². The number of benzene rings is 1. The minimum absolute atomic E-state index is 0.00666. The van der Waals surface area contributed by atoms with Crippen LogP contribution in [0.4, 0.5) is 4.39 Å². The monoisotopic (exact) mass is 767 g/mol. The normalized spacial score (nSPS) is 19.8. The zero-order valence-electron chi connectivity index (χ0n) is 30.6. The third kappa shape index (κ3) is 9.40. The molecule has 1 aliphatic heterocycles. The van der Waals surface area contributed by atoms with Gasteiger partial charge in [0.05, 0.1) is 29.0 Å². The standard InChI is InChI=1S/C37H46FN7O8S/c1-22-18-30(53-43-22)34(48)41-28(12-8-6-4-5-7-10-24-14-15-24)36(49)45-21-25(52-35-23(2)40-27-13-9-11-26(38)32(27)42-35)19-29(45)33(47)39-20-31(46)44-54(50,51)37(3)16-17-37/h7,9-11,13,18,24-25,28-29H,4-6,8,12,14-17,19-21H2,1-3H3,(H,39,47)(H,41,48)(H,44,46)/t25-,28+,29+/m1/s1. The molecule has 1 saturated heterocycles. The van der Waals surface area contributed by atoms with Crippen molar-refractivity contribution in [2.45, 2.75) is 108 Å². The first-order valence-corrected chi connectivity index (χ1v) is 19.8. The third-order valence-electron chi connectivity index (χ3n) is 10.0. The van der Waals surface area contributed by atoms with E-state index in [-0.39, 0.29) is 36.5 Å². The van der Waals surface area contributed by atoms with E-state index in [1.807, 2.05) is 4.72 Å². The molecule has 2 aliphatic carbocycles. The molecular weight excluding hydrogens is 722 g/mol. The summed E-state index contributed by atoms with van der Waals surface area (Å²) in [7, 11) is -3.94. The minimum atomic E-state index is -3.94. The predicted molar refractivity (Wildman–Crippen MR) is 194 cm³/mol. The first kappa shape index (κ1) is 38.8. The van der Waals surface area contributed by atoms with E-state index >= 15 is 0 Å². The lowest BCUT2D eigenvalue weighted by Gasteiger charge is -2.28. The van der Waals surface area contributed by atoms with Gasteiger partial charge in [-0.3, -0.25) is 23.9 Å². The number of nitrogens with zero attached hydrogens (tertiary/aromatic N) is 4. The Balaban J connectivity index is 1.19. The zero-order chi connectivity index (χ0) is 38.6. The number of halogens is 1. The van der Waals surface area contributed by atoms with Gasteiger partial charge in [-0.05, 0) is 83.8 Å². The third-order valence-corrected chi connectivity index (χ3v) is 12.2. The van der Waals surface area contributed by atoms with Crippen LogP contribution in [0.15, 0.2) is 40.9 Å². The number of aryl methyl sites for hydroxylation is 2. The molecule has 3 fully saturated rings. The second-order valence-electron chi connectivity index (χ2n) is 14.7. The number of hydrogen-bond donors (Lipinski definition) is 3. The molecule has 3 atom stereocenters. The summed E-state index contributed by atoms with van der Waals surface area (Å²) in [6.45, 7) is 4.05. The molecule has 0 bridgehead atoms. The van der Waals surface area contributed by atoms with Crippen LogP contribution in [0.5, 0.6) is 5.88 Å². The van der Waals surface area contributed by atoms with Gasteiger partial charge in [-0.1, -0.05) is 36.2 Å². The van der Waals surface area contributed by atoms with Gasteiger partial charge in [-0.15, -0.1) is 0 Å². The Morgan fingerprint density at radius 1 is 1.13 bits per heavy atom. The van der Waals surface area contributed by atoms with E-state index in [2.05, 4.69) is 37.9 Å². The Morgan fingerprint density at radius 2 is 1.91 bits per heavy atom. The van der Waals surface area contributed by atoms with Crippen molar-refractivity contribution in [3.05, 3.63) is 59.4 Å². The smallest absolute Gasteiger partial charge is 0.290 e. The number of aromatic nitrogens is 3. The maximum Gasteiger partial charge on any atom is 0.290 e. The van der Waals surface area contributed by atoms with Crippen molar-refractivity contribution >= 4 is 44.7 Å². The highest BCUT2D eigenvalue weighted by Crippen LogP contribution is 2.42. The van der Waals surface area contributed by atoms with Crippen LogP contribution in [-0.2, 0) is 24.4 Å². The number of likely N-dealkylation sites (tertiary alicyclic amines) is 1. The summed E-state index contributed by atoms with van der Waals surface area (Å²) in [5.41, 5.74) is 1.16. The van der Waals surface area contributed by atoms with Crippen molar-refractivity contribution in [1.29, 1.82) is 0 Å². The number of rotatable bonds is 17. The molecule has 0 radical (unpaired) electrons. The van der Waals surface area contributed by atoms with E-state index in [0.717, 1.165) is 19.3 Å². The largest absolute Gasteiger partial charge is 0.471 e. The molecule has 2 aromatic heterocycles. The maximum absolute atomic E-state index is 14.6. The second-order valence-corrected chi connectivity index (χ2v) is 16.9. The van der Waals surface area contributed by atoms with E-state index < -0.39 is 68.9 Å². The molecule has 3 N–H and O–H groups in total. The first-order chi connectivity index (χ1) is 25.7. The van der Waals surface area contributed by atoms with E-state index in [4.69, 9.17) is 9.26 Å². The maximum atomic E-state index is 14.6. The first-order valence-electron chi connectivity index (χ1n) is 18.4. The fourth-order valence-corrected chi connectivity index (χ4v) is 7.58. The van der Waals surface area contributed by atoms with Crippen molar-refractivity contribution < 1.29 is 41.2 Å². The van der Waals surface area contributed by atoms with Gasteiger partial charge >= 0.3 is 0 Å². The molecule has 1 aromatic carbocycles. The van der Waals surface area contributed by atoms with Gasteiger partial charge in [0, 0.05) is 12.5 Å². The number of carbonyl (C=O) groups is 4. The molecule has 3 aliphatic rings. The zero-order valence-corrected chi connectivity index (χ0v) is 31.4. The lowest BCUT2D eigenvalue weighted by Crippen LogP contribution is -2.54. The van der Waals surface area contributed by atoms with Crippen LogP contribution in [0.3, 0.4) is 0 Å². The number of nitrogens with one attached hydrogen (secondary N) is 3. The van der Waals surface area contributed by atoms with E-state index in [0.29, 0.717) is 42.1 Å². The van der Waals surface area contributed by atoms with Crippen molar-refractivity contribution in [2.24, 2.45) is 5.92 Å². The Bertz CT molecular complexity index is 2050. The quantitative estimate of drug-likeness (QED) is 0.134. The van der Waals surface area contributed by atoms with Gasteiger partial charge < -0.3 is 24.8 Å². The summed E-state index contributed by atoms with van der Waals surface area (Å²) in [6, 6.07) is 3.58. The van der Waals surface area contributed by atoms with Gasteiger partial charge in [0.15, 0.2) is 5.82 Å². The SMILES string of the molecule is Cc1cc(C(=O)N[C@@H](CCCCCC=CC2CC2)C(=O)N2C[C@H](Oc3nc4c(F)cccc4nc3C)C[C@H]2C(=O)NCC(=O)NS(=O)(=O)C2(C)CC2)on1. The fraction of sp³-hybridized carbons (Fsp3) is 0.541. The van der Waals surface area contributed by atoms with Crippen LogP contribution in [0.1, 0.15) is 93.1 Å². The summed E-state index contributed by atoms with van der Waals surface area (Å²) < 4.78 is 52.1. The molecule has 4 amide bonds. The number of carbonyl (C=O) groups excluding carboxylic acids is 4. The molecule has 15 nitrogen and oxygen atoms in total. The number of unbranched alkanes of at least 4 members (excludes halogenated alkanes) is 3. The topological polar surface area (TPSA) is 203 Å². The molecule has 0 unspecified atom stereocenters. The molecule has 3 heterocycles. The van der Waals surface area contributed by atoms with E-state index in [9.17, 15) is 32.0 Å². The van der Waals surface area contributed by atoms with Crippen molar-refractivity contribution in [2.75, 3.05) is 13.1 Å². The summed E-state index contributed by atoms with van der Waals surface area (Å²) in [6.07, 6.45) is 10.3. The van der Waals surface area contributed by atoms with Crippen LogP contribution in [0, 0.1) is 25.6 Å².